The van der Waals surface area contributed by atoms with Gasteiger partial charge in [-0.3, -0.25) is 9.48 Å². The van der Waals surface area contributed by atoms with Gasteiger partial charge in [0.2, 0.25) is 0 Å². The van der Waals surface area contributed by atoms with Crippen molar-refractivity contribution in [3.8, 4) is 0 Å². The second-order valence-electron chi connectivity index (χ2n) is 4.93. The van der Waals surface area contributed by atoms with Crippen molar-refractivity contribution in [1.82, 2.24) is 15.1 Å². The number of rotatable bonds is 4. The number of carbonyl (C=O) groups is 1. The van der Waals surface area contributed by atoms with Crippen LogP contribution >= 0.6 is 15.9 Å². The first-order chi connectivity index (χ1) is 8.15. The number of amides is 1. The van der Waals surface area contributed by atoms with E-state index in [2.05, 4.69) is 26.3 Å². The second-order valence-corrected chi connectivity index (χ2v) is 5.49. The summed E-state index contributed by atoms with van der Waals surface area (Å²) in [6.45, 7) is 0.756. The number of aryl methyl sites for hydroxylation is 1. The molecule has 5 heteroatoms. The van der Waals surface area contributed by atoms with E-state index >= 15 is 0 Å². The zero-order chi connectivity index (χ0) is 12.3. The molecule has 0 aliphatic heterocycles. The molecule has 4 nitrogen and oxygen atoms in total. The lowest BCUT2D eigenvalue weighted by Gasteiger charge is -2.26. The van der Waals surface area contributed by atoms with E-state index in [0.717, 1.165) is 11.9 Å². The fraction of sp³-hybridized carbons (Fsp3) is 0.667. The third kappa shape index (κ3) is 2.89. The van der Waals surface area contributed by atoms with E-state index in [4.69, 9.17) is 0 Å². The van der Waals surface area contributed by atoms with E-state index in [1.165, 1.54) is 25.7 Å². The van der Waals surface area contributed by atoms with Gasteiger partial charge in [-0.1, -0.05) is 28.8 Å². The zero-order valence-electron chi connectivity index (χ0n) is 10.1. The van der Waals surface area contributed by atoms with Crippen molar-refractivity contribution in [1.29, 1.82) is 0 Å². The van der Waals surface area contributed by atoms with Crippen LogP contribution in [0, 0.1) is 5.41 Å². The van der Waals surface area contributed by atoms with Gasteiger partial charge in [0.25, 0.3) is 5.91 Å². The summed E-state index contributed by atoms with van der Waals surface area (Å²) in [6.07, 6.45) is 8.29. The summed E-state index contributed by atoms with van der Waals surface area (Å²) in [4.78, 5) is 11.9. The van der Waals surface area contributed by atoms with E-state index in [-0.39, 0.29) is 11.3 Å². The highest BCUT2D eigenvalue weighted by atomic mass is 79.9. The fourth-order valence-corrected chi connectivity index (χ4v) is 3.15. The van der Waals surface area contributed by atoms with E-state index < -0.39 is 0 Å². The van der Waals surface area contributed by atoms with Crippen LogP contribution in [0.5, 0.6) is 0 Å². The molecule has 2 rings (SSSR count). The average molecular weight is 300 g/mol. The molecule has 0 bridgehead atoms. The highest BCUT2D eigenvalue weighted by Gasteiger charge is 2.33. The second kappa shape index (κ2) is 5.21. The maximum absolute atomic E-state index is 11.9. The molecule has 0 aromatic carbocycles. The average Bonchev–Trinajstić information content (AvgIpc) is 2.95. The standard InChI is InChI=1S/C12H18BrN3O/c1-16-7-10(6-15-16)11(17)14-9-12(8-13)4-2-3-5-12/h6-7H,2-5,8-9H2,1H3,(H,14,17). The Morgan fingerprint density at radius 3 is 2.82 bits per heavy atom. The summed E-state index contributed by atoms with van der Waals surface area (Å²) in [5, 5.41) is 7.99. The number of carbonyl (C=O) groups excluding carboxylic acids is 1. The van der Waals surface area contributed by atoms with E-state index in [1.807, 2.05) is 7.05 Å². The number of hydrogen-bond acceptors (Lipinski definition) is 2. The van der Waals surface area contributed by atoms with Gasteiger partial charge in [-0.2, -0.15) is 5.10 Å². The first-order valence-corrected chi connectivity index (χ1v) is 7.10. The van der Waals surface area contributed by atoms with Crippen molar-refractivity contribution in [3.63, 3.8) is 0 Å². The summed E-state index contributed by atoms with van der Waals surface area (Å²) < 4.78 is 1.64. The molecule has 1 saturated carbocycles. The summed E-state index contributed by atoms with van der Waals surface area (Å²) in [7, 11) is 1.81. The molecule has 1 heterocycles. The van der Waals surface area contributed by atoms with Gasteiger partial charge in [0.05, 0.1) is 11.8 Å². The summed E-state index contributed by atoms with van der Waals surface area (Å²) in [6, 6.07) is 0. The predicted molar refractivity (Wildman–Crippen MR) is 70.2 cm³/mol. The first-order valence-electron chi connectivity index (χ1n) is 5.98. The van der Waals surface area contributed by atoms with Crippen LogP contribution in [0.15, 0.2) is 12.4 Å². The molecular weight excluding hydrogens is 282 g/mol. The molecule has 1 aromatic rings. The molecular formula is C12H18BrN3O. The monoisotopic (exact) mass is 299 g/mol. The Labute approximate surface area is 110 Å². The lowest BCUT2D eigenvalue weighted by molar-refractivity contribution is 0.0935. The molecule has 94 valence electrons. The van der Waals surface area contributed by atoms with Crippen molar-refractivity contribution < 1.29 is 4.79 Å². The third-order valence-corrected chi connectivity index (χ3v) is 4.73. The van der Waals surface area contributed by atoms with Gasteiger partial charge in [0.1, 0.15) is 0 Å². The molecule has 1 aliphatic carbocycles. The molecule has 0 saturated heterocycles. The van der Waals surface area contributed by atoms with Crippen molar-refractivity contribution >= 4 is 21.8 Å². The number of nitrogens with one attached hydrogen (secondary N) is 1. The van der Waals surface area contributed by atoms with Gasteiger partial charge in [-0.25, -0.2) is 0 Å². The molecule has 1 fully saturated rings. The first kappa shape index (κ1) is 12.6. The highest BCUT2D eigenvalue weighted by Crippen LogP contribution is 2.38. The van der Waals surface area contributed by atoms with Crippen LogP contribution in [0.4, 0.5) is 0 Å². The number of hydrogen-bond donors (Lipinski definition) is 1. The van der Waals surface area contributed by atoms with E-state index in [9.17, 15) is 4.79 Å². The van der Waals surface area contributed by atoms with Gasteiger partial charge < -0.3 is 5.32 Å². The van der Waals surface area contributed by atoms with Crippen molar-refractivity contribution in [2.24, 2.45) is 12.5 Å². The minimum atomic E-state index is -0.0228. The van der Waals surface area contributed by atoms with Gasteiger partial charge in [-0.05, 0) is 18.3 Å². The largest absolute Gasteiger partial charge is 0.351 e. The molecule has 0 unspecified atom stereocenters. The maximum atomic E-state index is 11.9. The molecule has 1 amide bonds. The van der Waals surface area contributed by atoms with Gasteiger partial charge in [0.15, 0.2) is 0 Å². The Bertz CT molecular complexity index is 396. The predicted octanol–water partition coefficient (Wildman–Crippen LogP) is 2.11. The lowest BCUT2D eigenvalue weighted by atomic mass is 9.89. The van der Waals surface area contributed by atoms with Crippen LogP contribution < -0.4 is 5.32 Å². The smallest absolute Gasteiger partial charge is 0.254 e. The number of aromatic nitrogens is 2. The number of alkyl halides is 1. The van der Waals surface area contributed by atoms with Gasteiger partial charge in [-0.15, -0.1) is 0 Å². The summed E-state index contributed by atoms with van der Waals surface area (Å²) >= 11 is 3.58. The Hall–Kier alpha value is -0.840. The van der Waals surface area contributed by atoms with Crippen LogP contribution in [0.1, 0.15) is 36.0 Å². The highest BCUT2D eigenvalue weighted by molar-refractivity contribution is 9.09. The Morgan fingerprint density at radius 2 is 2.29 bits per heavy atom. The lowest BCUT2D eigenvalue weighted by Crippen LogP contribution is -2.36. The molecule has 0 radical (unpaired) electrons. The van der Waals surface area contributed by atoms with Crippen molar-refractivity contribution in [2.75, 3.05) is 11.9 Å². The maximum Gasteiger partial charge on any atom is 0.254 e. The van der Waals surface area contributed by atoms with E-state index in [1.54, 1.807) is 17.1 Å². The van der Waals surface area contributed by atoms with Crippen molar-refractivity contribution in [3.05, 3.63) is 18.0 Å². The van der Waals surface area contributed by atoms with Gasteiger partial charge >= 0.3 is 0 Å². The fourth-order valence-electron chi connectivity index (χ4n) is 2.39. The molecule has 0 spiro atoms. The Balaban J connectivity index is 1.91. The van der Waals surface area contributed by atoms with E-state index in [0.29, 0.717) is 5.56 Å². The van der Waals surface area contributed by atoms with Crippen LogP contribution in [0.3, 0.4) is 0 Å². The minimum absolute atomic E-state index is 0.0228. The van der Waals surface area contributed by atoms with Crippen LogP contribution in [-0.2, 0) is 7.05 Å². The molecule has 1 aromatic heterocycles. The van der Waals surface area contributed by atoms with Crippen LogP contribution in [0.25, 0.3) is 0 Å². The zero-order valence-corrected chi connectivity index (χ0v) is 11.7. The SMILES string of the molecule is Cn1cc(C(=O)NCC2(CBr)CCCC2)cn1. The Kier molecular flexibility index (Phi) is 3.86. The molecule has 1 aliphatic rings. The topological polar surface area (TPSA) is 46.9 Å². The number of nitrogens with zero attached hydrogens (tertiary/aromatic N) is 2. The third-order valence-electron chi connectivity index (χ3n) is 3.54. The molecule has 17 heavy (non-hydrogen) atoms. The van der Waals surface area contributed by atoms with Crippen LogP contribution in [-0.4, -0.2) is 27.6 Å². The minimum Gasteiger partial charge on any atom is -0.351 e. The van der Waals surface area contributed by atoms with Crippen LogP contribution in [0.2, 0.25) is 0 Å². The number of halogens is 1. The quantitative estimate of drug-likeness (QED) is 0.866. The Morgan fingerprint density at radius 1 is 1.59 bits per heavy atom. The van der Waals surface area contributed by atoms with Gasteiger partial charge in [0, 0.05) is 25.1 Å². The summed E-state index contributed by atoms with van der Waals surface area (Å²) in [5.74, 6) is -0.0228. The summed E-state index contributed by atoms with van der Waals surface area (Å²) in [5.41, 5.74) is 0.896. The molecule has 1 N–H and O–H groups in total. The molecule has 0 atom stereocenters. The normalized spacial score (nSPS) is 18.2. The van der Waals surface area contributed by atoms with Crippen molar-refractivity contribution in [2.45, 2.75) is 25.7 Å².